The van der Waals surface area contributed by atoms with Gasteiger partial charge in [0.2, 0.25) is 0 Å². The zero-order valence-electron chi connectivity index (χ0n) is 21.0. The number of hydrogen-bond donors (Lipinski definition) is 3. The number of rotatable bonds is 6. The summed E-state index contributed by atoms with van der Waals surface area (Å²) in [7, 11) is -2.25. The third-order valence-corrected chi connectivity index (χ3v) is 11.8. The molecule has 9 nitrogen and oxygen atoms in total. The van der Waals surface area contributed by atoms with Crippen molar-refractivity contribution in [3.8, 4) is 0 Å². The van der Waals surface area contributed by atoms with E-state index in [9.17, 15) is 15.0 Å². The molecule has 3 aromatic rings. The standard InChI is InChI=1S/C25H34N4O5Si/c1-16-20(34-35(5,6)24(2,3)4)21(33-25(16,32)14-30)18-12-13-19-22(26-15-27-29(18)19)28-23(31)17-10-8-7-9-11-17/h7-13,15-16,20-21,30,32H,14H2,1-6H3,(H,26,27,28,31)/t16-,20+,21-,25?/m0/s1. The highest BCUT2D eigenvalue weighted by molar-refractivity contribution is 6.74. The van der Waals surface area contributed by atoms with Crippen LogP contribution in [0.2, 0.25) is 18.1 Å². The van der Waals surface area contributed by atoms with E-state index in [4.69, 9.17) is 9.16 Å². The van der Waals surface area contributed by atoms with Gasteiger partial charge < -0.3 is 24.7 Å². The maximum Gasteiger partial charge on any atom is 0.256 e. The fourth-order valence-corrected chi connectivity index (χ4v) is 5.40. The van der Waals surface area contributed by atoms with Gasteiger partial charge in [-0.15, -0.1) is 0 Å². The maximum absolute atomic E-state index is 12.7. The van der Waals surface area contributed by atoms with Crippen molar-refractivity contribution in [2.45, 2.75) is 63.8 Å². The lowest BCUT2D eigenvalue weighted by atomic mass is 9.95. The van der Waals surface area contributed by atoms with Crippen LogP contribution in [-0.2, 0) is 9.16 Å². The van der Waals surface area contributed by atoms with E-state index in [1.165, 1.54) is 6.33 Å². The van der Waals surface area contributed by atoms with Crippen molar-refractivity contribution in [3.63, 3.8) is 0 Å². The first-order valence-electron chi connectivity index (χ1n) is 11.8. The Morgan fingerprint density at radius 3 is 2.54 bits per heavy atom. The summed E-state index contributed by atoms with van der Waals surface area (Å²) >= 11 is 0. The van der Waals surface area contributed by atoms with Gasteiger partial charge in [-0.25, -0.2) is 9.50 Å². The summed E-state index contributed by atoms with van der Waals surface area (Å²) in [5.74, 6) is -2.17. The van der Waals surface area contributed by atoms with E-state index in [-0.39, 0.29) is 10.9 Å². The number of hydrogen-bond acceptors (Lipinski definition) is 7. The molecule has 0 radical (unpaired) electrons. The number of carbonyl (C=O) groups excluding carboxylic acids is 1. The number of anilines is 1. The van der Waals surface area contributed by atoms with Crippen LogP contribution in [0.5, 0.6) is 0 Å². The van der Waals surface area contributed by atoms with Crippen LogP contribution in [0.3, 0.4) is 0 Å². The normalized spacial score (nSPS) is 25.2. The van der Waals surface area contributed by atoms with Crippen LogP contribution in [-0.4, -0.2) is 57.5 Å². The van der Waals surface area contributed by atoms with Gasteiger partial charge in [-0.3, -0.25) is 4.79 Å². The number of fused-ring (bicyclic) bond motifs is 1. The predicted molar refractivity (Wildman–Crippen MR) is 134 cm³/mol. The van der Waals surface area contributed by atoms with Gasteiger partial charge in [-0.2, -0.15) is 5.10 Å². The van der Waals surface area contributed by atoms with Crippen LogP contribution in [0.15, 0.2) is 48.8 Å². The first kappa shape index (κ1) is 25.5. The molecule has 1 aliphatic rings. The number of aromatic nitrogens is 3. The van der Waals surface area contributed by atoms with Crippen molar-refractivity contribution < 1.29 is 24.2 Å². The van der Waals surface area contributed by atoms with Gasteiger partial charge >= 0.3 is 0 Å². The Balaban J connectivity index is 1.71. The fourth-order valence-electron chi connectivity index (χ4n) is 4.04. The second kappa shape index (κ2) is 9.10. The van der Waals surface area contributed by atoms with E-state index in [1.54, 1.807) is 34.8 Å². The van der Waals surface area contributed by atoms with Crippen molar-refractivity contribution in [3.05, 3.63) is 60.0 Å². The Bertz CT molecular complexity index is 1210. The Kier molecular flexibility index (Phi) is 6.62. The molecule has 0 spiro atoms. The smallest absolute Gasteiger partial charge is 0.256 e. The highest BCUT2D eigenvalue weighted by atomic mass is 28.4. The fraction of sp³-hybridized carbons (Fsp3) is 0.480. The van der Waals surface area contributed by atoms with E-state index >= 15 is 0 Å². The number of aliphatic hydroxyl groups excluding tert-OH is 1. The predicted octanol–water partition coefficient (Wildman–Crippen LogP) is 3.76. The lowest BCUT2D eigenvalue weighted by Crippen LogP contribution is -2.48. The van der Waals surface area contributed by atoms with Crippen LogP contribution >= 0.6 is 0 Å². The first-order valence-corrected chi connectivity index (χ1v) is 14.7. The molecule has 2 aromatic heterocycles. The van der Waals surface area contributed by atoms with Gasteiger partial charge in [-0.1, -0.05) is 45.9 Å². The summed E-state index contributed by atoms with van der Waals surface area (Å²) < 4.78 is 14.4. The SMILES string of the molecule is C[C@H]1[C@@H](O[Si](C)(C)C(C)(C)C)[C@H](c2ccc3c(NC(=O)c4ccccc4)ncnn23)OC1(O)CO. The van der Waals surface area contributed by atoms with Crippen LogP contribution in [0.4, 0.5) is 5.82 Å². The van der Waals surface area contributed by atoms with Crippen LogP contribution in [0.1, 0.15) is 49.9 Å². The van der Waals surface area contributed by atoms with E-state index in [1.807, 2.05) is 19.1 Å². The van der Waals surface area contributed by atoms with Gasteiger partial charge in [0, 0.05) is 11.5 Å². The molecular weight excluding hydrogens is 464 g/mol. The van der Waals surface area contributed by atoms with Crippen molar-refractivity contribution in [2.75, 3.05) is 11.9 Å². The number of nitrogens with zero attached hydrogens (tertiary/aromatic N) is 3. The van der Waals surface area contributed by atoms with Crippen molar-refractivity contribution in [1.82, 2.24) is 14.6 Å². The average molecular weight is 499 g/mol. The quantitative estimate of drug-likeness (QED) is 0.443. The first-order chi connectivity index (χ1) is 16.4. The minimum absolute atomic E-state index is 0.0600. The van der Waals surface area contributed by atoms with Crippen molar-refractivity contribution in [2.24, 2.45) is 5.92 Å². The number of nitrogens with one attached hydrogen (secondary N) is 1. The molecule has 10 heteroatoms. The van der Waals surface area contributed by atoms with Gasteiger partial charge in [-0.05, 0) is 42.4 Å². The summed E-state index contributed by atoms with van der Waals surface area (Å²) in [5, 5.41) is 28.2. The lowest BCUT2D eigenvalue weighted by molar-refractivity contribution is -0.231. The molecule has 1 saturated heterocycles. The Labute approximate surface area is 206 Å². The molecule has 3 heterocycles. The molecule has 0 saturated carbocycles. The largest absolute Gasteiger partial charge is 0.410 e. The topological polar surface area (TPSA) is 118 Å². The third kappa shape index (κ3) is 4.64. The highest BCUT2D eigenvalue weighted by Gasteiger charge is 2.56. The second-order valence-corrected chi connectivity index (χ2v) is 15.4. The number of benzene rings is 1. The molecule has 1 unspecified atom stereocenters. The summed E-state index contributed by atoms with van der Waals surface area (Å²) in [5.41, 5.74) is 1.73. The van der Waals surface area contributed by atoms with Gasteiger partial charge in [0.05, 0.1) is 18.4 Å². The number of ether oxygens (including phenoxy) is 1. The number of carbonyl (C=O) groups is 1. The lowest BCUT2D eigenvalue weighted by Gasteiger charge is -2.40. The molecular formula is C25H34N4O5Si. The second-order valence-electron chi connectivity index (χ2n) is 10.7. The zero-order chi connectivity index (χ0) is 25.6. The average Bonchev–Trinajstić information content (AvgIpc) is 3.34. The molecule has 0 aliphatic carbocycles. The Hall–Kier alpha value is -2.63. The van der Waals surface area contributed by atoms with Gasteiger partial charge in [0.15, 0.2) is 19.9 Å². The molecule has 188 valence electrons. The van der Waals surface area contributed by atoms with Gasteiger partial charge in [0.25, 0.3) is 5.91 Å². The Morgan fingerprint density at radius 2 is 1.91 bits per heavy atom. The maximum atomic E-state index is 12.7. The van der Waals surface area contributed by atoms with Crippen LogP contribution in [0.25, 0.3) is 5.52 Å². The Morgan fingerprint density at radius 1 is 1.23 bits per heavy atom. The van der Waals surface area contributed by atoms with Crippen LogP contribution < -0.4 is 5.32 Å². The molecule has 1 fully saturated rings. The third-order valence-electron chi connectivity index (χ3n) is 7.34. The summed E-state index contributed by atoms with van der Waals surface area (Å²) in [6.07, 6.45) is 0.159. The van der Waals surface area contributed by atoms with Crippen molar-refractivity contribution in [1.29, 1.82) is 0 Å². The van der Waals surface area contributed by atoms with Crippen molar-refractivity contribution >= 4 is 25.6 Å². The molecule has 35 heavy (non-hydrogen) atoms. The number of aliphatic hydroxyl groups is 2. The molecule has 4 atom stereocenters. The zero-order valence-corrected chi connectivity index (χ0v) is 22.0. The van der Waals surface area contributed by atoms with E-state index < -0.39 is 38.8 Å². The minimum atomic E-state index is -2.25. The van der Waals surface area contributed by atoms with Crippen LogP contribution in [0, 0.1) is 5.92 Å². The molecule has 0 bridgehead atoms. The van der Waals surface area contributed by atoms with Gasteiger partial charge in [0.1, 0.15) is 17.9 Å². The molecule has 3 N–H and O–H groups in total. The molecule has 4 rings (SSSR count). The molecule has 1 aliphatic heterocycles. The highest BCUT2D eigenvalue weighted by Crippen LogP contribution is 2.48. The summed E-state index contributed by atoms with van der Waals surface area (Å²) in [6.45, 7) is 12.0. The van der Waals surface area contributed by atoms with E-state index in [2.05, 4.69) is 49.3 Å². The summed E-state index contributed by atoms with van der Waals surface area (Å²) in [6, 6.07) is 12.5. The molecule has 1 amide bonds. The van der Waals surface area contributed by atoms with E-state index in [0.29, 0.717) is 22.6 Å². The van der Waals surface area contributed by atoms with E-state index in [0.717, 1.165) is 0 Å². The molecule has 1 aromatic carbocycles. The summed E-state index contributed by atoms with van der Waals surface area (Å²) in [4.78, 5) is 17.0. The monoisotopic (exact) mass is 498 g/mol. The minimum Gasteiger partial charge on any atom is -0.410 e. The number of amides is 1.